The predicted octanol–water partition coefficient (Wildman–Crippen LogP) is 0.199. The van der Waals surface area contributed by atoms with Gasteiger partial charge in [-0.2, -0.15) is 0 Å². The van der Waals surface area contributed by atoms with Gasteiger partial charge in [0.05, 0.1) is 24.7 Å². The van der Waals surface area contributed by atoms with Gasteiger partial charge < -0.3 is 20.0 Å². The van der Waals surface area contributed by atoms with Gasteiger partial charge in [-0.15, -0.1) is 0 Å². The maximum absolute atomic E-state index is 12.0. The quantitative estimate of drug-likeness (QED) is 0.809. The van der Waals surface area contributed by atoms with Gasteiger partial charge in [-0.1, -0.05) is 26.0 Å². The fourth-order valence-electron chi connectivity index (χ4n) is 1.55. The van der Waals surface area contributed by atoms with Crippen LogP contribution in [0, 0.1) is 5.92 Å². The summed E-state index contributed by atoms with van der Waals surface area (Å²) in [5.41, 5.74) is 0.298. The highest BCUT2D eigenvalue weighted by Crippen LogP contribution is 2.17. The van der Waals surface area contributed by atoms with Crippen LogP contribution in [0.15, 0.2) is 24.3 Å². The molecule has 1 amide bonds. The van der Waals surface area contributed by atoms with Crippen LogP contribution in [0.1, 0.15) is 24.2 Å². The minimum atomic E-state index is -1.30. The minimum Gasteiger partial charge on any atom is -0.548 e. The first-order chi connectivity index (χ1) is 8.47. The average Bonchev–Trinajstić information content (AvgIpc) is 2.34. The number of carboxylic acids is 1. The van der Waals surface area contributed by atoms with Crippen LogP contribution in [0.3, 0.4) is 0 Å². The molecular formula is C13H16NO4-. The number of rotatable bonds is 5. The van der Waals surface area contributed by atoms with Crippen molar-refractivity contribution in [2.24, 2.45) is 5.92 Å². The number of carbonyl (C=O) groups excluding carboxylic acids is 2. The van der Waals surface area contributed by atoms with Crippen LogP contribution in [-0.2, 0) is 4.79 Å². The Morgan fingerprint density at radius 1 is 1.28 bits per heavy atom. The SMILES string of the molecule is COc1ccccc1C(=O)N[C@@H](C(=O)[O-])C(C)C. The molecule has 0 unspecified atom stereocenters. The molecule has 1 N–H and O–H groups in total. The summed E-state index contributed by atoms with van der Waals surface area (Å²) in [4.78, 5) is 22.9. The first-order valence-electron chi connectivity index (χ1n) is 5.62. The second-order valence-electron chi connectivity index (χ2n) is 4.21. The largest absolute Gasteiger partial charge is 0.548 e. The summed E-state index contributed by atoms with van der Waals surface area (Å²) in [6.45, 7) is 3.39. The Labute approximate surface area is 106 Å². The fourth-order valence-corrected chi connectivity index (χ4v) is 1.55. The lowest BCUT2D eigenvalue weighted by atomic mass is 10.0. The molecule has 0 aromatic heterocycles. The van der Waals surface area contributed by atoms with Crippen molar-refractivity contribution >= 4 is 11.9 Å². The maximum Gasteiger partial charge on any atom is 0.255 e. The first kappa shape index (κ1) is 14.0. The van der Waals surface area contributed by atoms with E-state index >= 15 is 0 Å². The minimum absolute atomic E-state index is 0.256. The second-order valence-corrected chi connectivity index (χ2v) is 4.21. The van der Waals surface area contributed by atoms with E-state index in [1.807, 2.05) is 0 Å². The third kappa shape index (κ3) is 3.23. The highest BCUT2D eigenvalue weighted by Gasteiger charge is 2.19. The Morgan fingerprint density at radius 2 is 1.89 bits per heavy atom. The Kier molecular flexibility index (Phi) is 4.71. The van der Waals surface area contributed by atoms with Crippen molar-refractivity contribution in [2.75, 3.05) is 7.11 Å². The number of benzene rings is 1. The van der Waals surface area contributed by atoms with E-state index in [-0.39, 0.29) is 5.92 Å². The smallest absolute Gasteiger partial charge is 0.255 e. The highest BCUT2D eigenvalue weighted by molar-refractivity contribution is 5.98. The molecule has 0 heterocycles. The van der Waals surface area contributed by atoms with Gasteiger partial charge in [0.15, 0.2) is 0 Å². The molecular weight excluding hydrogens is 234 g/mol. The number of hydrogen-bond acceptors (Lipinski definition) is 4. The topological polar surface area (TPSA) is 78.5 Å². The van der Waals surface area contributed by atoms with Crippen LogP contribution < -0.4 is 15.2 Å². The van der Waals surface area contributed by atoms with Crippen LogP contribution in [0.4, 0.5) is 0 Å². The normalized spacial score (nSPS) is 12.0. The highest BCUT2D eigenvalue weighted by atomic mass is 16.5. The number of nitrogens with one attached hydrogen (secondary N) is 1. The number of amides is 1. The average molecular weight is 250 g/mol. The summed E-state index contributed by atoms with van der Waals surface area (Å²) in [6, 6.07) is 5.59. The Hall–Kier alpha value is -2.04. The van der Waals surface area contributed by atoms with E-state index in [0.717, 1.165) is 0 Å². The van der Waals surface area contributed by atoms with Crippen molar-refractivity contribution in [2.45, 2.75) is 19.9 Å². The molecule has 0 radical (unpaired) electrons. The van der Waals surface area contributed by atoms with Crippen LogP contribution >= 0.6 is 0 Å². The number of carboxylic acid groups (broad SMARTS) is 1. The molecule has 0 aliphatic carbocycles. The number of para-hydroxylation sites is 1. The van der Waals surface area contributed by atoms with Crippen LogP contribution in [0.5, 0.6) is 5.75 Å². The summed E-state index contributed by atoms with van der Waals surface area (Å²) in [5, 5.41) is 13.3. The molecule has 0 aliphatic rings. The second kappa shape index (κ2) is 6.05. The lowest BCUT2D eigenvalue weighted by molar-refractivity contribution is -0.309. The zero-order valence-electron chi connectivity index (χ0n) is 10.6. The molecule has 1 rings (SSSR count). The van der Waals surface area contributed by atoms with Crippen LogP contribution in [-0.4, -0.2) is 25.0 Å². The summed E-state index contributed by atoms with van der Waals surface area (Å²) < 4.78 is 5.05. The van der Waals surface area contributed by atoms with Gasteiger partial charge in [-0.3, -0.25) is 4.79 Å². The molecule has 1 aromatic carbocycles. The number of aliphatic carboxylic acids is 1. The molecule has 18 heavy (non-hydrogen) atoms. The van der Waals surface area contributed by atoms with Crippen LogP contribution in [0.2, 0.25) is 0 Å². The Balaban J connectivity index is 2.90. The van der Waals surface area contributed by atoms with Gasteiger partial charge in [-0.05, 0) is 18.1 Å². The van der Waals surface area contributed by atoms with Gasteiger partial charge in [0.25, 0.3) is 5.91 Å². The predicted molar refractivity (Wildman–Crippen MR) is 64.1 cm³/mol. The number of ether oxygens (including phenoxy) is 1. The zero-order valence-corrected chi connectivity index (χ0v) is 10.6. The van der Waals surface area contributed by atoms with Gasteiger partial charge >= 0.3 is 0 Å². The van der Waals surface area contributed by atoms with E-state index in [1.54, 1.807) is 38.1 Å². The van der Waals surface area contributed by atoms with Gasteiger partial charge in [0.1, 0.15) is 5.75 Å². The summed E-state index contributed by atoms with van der Waals surface area (Å²) in [6.07, 6.45) is 0. The molecule has 5 heteroatoms. The molecule has 0 spiro atoms. The molecule has 0 saturated carbocycles. The number of methoxy groups -OCH3 is 1. The van der Waals surface area contributed by atoms with E-state index in [4.69, 9.17) is 4.74 Å². The van der Waals surface area contributed by atoms with E-state index in [0.29, 0.717) is 11.3 Å². The lowest BCUT2D eigenvalue weighted by Gasteiger charge is -2.23. The molecule has 0 aliphatic heterocycles. The standard InChI is InChI=1S/C13H17NO4/c1-8(2)11(13(16)17)14-12(15)9-6-4-5-7-10(9)18-3/h4-8,11H,1-3H3,(H,14,15)(H,16,17)/p-1/t11-/m1/s1. The van der Waals surface area contributed by atoms with Crippen molar-refractivity contribution in [1.29, 1.82) is 0 Å². The maximum atomic E-state index is 12.0. The Morgan fingerprint density at radius 3 is 2.39 bits per heavy atom. The van der Waals surface area contributed by atoms with Crippen molar-refractivity contribution in [3.63, 3.8) is 0 Å². The van der Waals surface area contributed by atoms with Gasteiger partial charge in [-0.25, -0.2) is 0 Å². The number of hydrogen-bond donors (Lipinski definition) is 1. The van der Waals surface area contributed by atoms with E-state index in [1.165, 1.54) is 7.11 Å². The molecule has 0 saturated heterocycles. The van der Waals surface area contributed by atoms with Crippen molar-refractivity contribution < 1.29 is 19.4 Å². The third-order valence-electron chi connectivity index (χ3n) is 2.56. The summed E-state index contributed by atoms with van der Waals surface area (Å²) in [7, 11) is 1.45. The van der Waals surface area contributed by atoms with Crippen molar-refractivity contribution in [3.8, 4) is 5.75 Å². The van der Waals surface area contributed by atoms with Crippen LogP contribution in [0.25, 0.3) is 0 Å². The molecule has 1 aromatic rings. The molecule has 98 valence electrons. The number of carbonyl (C=O) groups is 2. The van der Waals surface area contributed by atoms with Crippen molar-refractivity contribution in [1.82, 2.24) is 5.32 Å². The van der Waals surface area contributed by atoms with Gasteiger partial charge in [0, 0.05) is 0 Å². The summed E-state index contributed by atoms with van der Waals surface area (Å²) in [5.74, 6) is -1.65. The third-order valence-corrected chi connectivity index (χ3v) is 2.56. The molecule has 0 fully saturated rings. The first-order valence-corrected chi connectivity index (χ1v) is 5.62. The monoisotopic (exact) mass is 250 g/mol. The van der Waals surface area contributed by atoms with Crippen molar-refractivity contribution in [3.05, 3.63) is 29.8 Å². The lowest BCUT2D eigenvalue weighted by Crippen LogP contribution is -2.50. The summed E-state index contributed by atoms with van der Waals surface area (Å²) >= 11 is 0. The zero-order chi connectivity index (χ0) is 13.7. The fraction of sp³-hybridized carbons (Fsp3) is 0.385. The van der Waals surface area contributed by atoms with Gasteiger partial charge in [0.2, 0.25) is 0 Å². The molecule has 5 nitrogen and oxygen atoms in total. The van der Waals surface area contributed by atoms with E-state index < -0.39 is 17.9 Å². The Bertz CT molecular complexity index is 442. The van der Waals surface area contributed by atoms with E-state index in [2.05, 4.69) is 5.32 Å². The molecule has 1 atom stereocenters. The van der Waals surface area contributed by atoms with E-state index in [9.17, 15) is 14.7 Å². The molecule has 0 bridgehead atoms.